The van der Waals surface area contributed by atoms with Crippen LogP contribution < -0.4 is 0 Å². The Balaban J connectivity index is 0.000000199. The van der Waals surface area contributed by atoms with E-state index in [1.807, 2.05) is 9.84 Å². The van der Waals surface area contributed by atoms with Gasteiger partial charge in [0, 0.05) is 0 Å². The molecule has 0 aliphatic heterocycles. The van der Waals surface area contributed by atoms with Gasteiger partial charge in [-0.1, -0.05) is 0 Å². The first-order chi connectivity index (χ1) is 27.8. The van der Waals surface area contributed by atoms with Gasteiger partial charge in [0.05, 0.1) is 0 Å². The molecular formula is C54H87Si3Zr3. The average Bonchev–Trinajstić information content (AvgIpc) is 3.96. The van der Waals surface area contributed by atoms with Gasteiger partial charge in [0.25, 0.3) is 0 Å². The van der Waals surface area contributed by atoms with E-state index in [0.717, 1.165) is 10.9 Å². The minimum atomic E-state index is -1.58. The van der Waals surface area contributed by atoms with Gasteiger partial charge in [0.2, 0.25) is 0 Å². The van der Waals surface area contributed by atoms with E-state index < -0.39 is 80.5 Å². The molecule has 6 rings (SSSR count). The molecule has 6 aliphatic carbocycles. The van der Waals surface area contributed by atoms with Crippen molar-refractivity contribution < 1.29 is 62.7 Å². The maximum absolute atomic E-state index is 2.63. The summed E-state index contributed by atoms with van der Waals surface area (Å²) in [5.74, 6) is -1.67. The quantitative estimate of drug-likeness (QED) is 0.202. The molecule has 0 aromatic heterocycles. The van der Waals surface area contributed by atoms with Gasteiger partial charge < -0.3 is 0 Å². The topological polar surface area (TPSA) is 0 Å². The zero-order valence-electron chi connectivity index (χ0n) is 43.3. The van der Waals surface area contributed by atoms with Crippen molar-refractivity contribution in [2.24, 2.45) is 0 Å². The zero-order chi connectivity index (χ0) is 45.6. The Kier molecular flexibility index (Phi) is 19.1. The molecule has 0 heterocycles. The summed E-state index contributed by atoms with van der Waals surface area (Å²) in [7, 11) is 0. The zero-order valence-corrected chi connectivity index (χ0v) is 54.2. The summed E-state index contributed by atoms with van der Waals surface area (Å²) in [6.45, 7) is 58.4. The second kappa shape index (κ2) is 21.7. The molecular weight excluding hydrogens is 1010 g/mol. The molecule has 0 bridgehead atoms. The summed E-state index contributed by atoms with van der Waals surface area (Å²) >= 11 is -4.64. The van der Waals surface area contributed by atoms with E-state index in [1.54, 1.807) is 100 Å². The van der Waals surface area contributed by atoms with Crippen molar-refractivity contribution in [3.8, 4) is 0 Å². The van der Waals surface area contributed by atoms with E-state index >= 15 is 0 Å². The van der Waals surface area contributed by atoms with Gasteiger partial charge in [-0.3, -0.25) is 0 Å². The molecule has 0 radical (unpaired) electrons. The molecule has 6 heteroatoms. The van der Waals surface area contributed by atoms with Crippen molar-refractivity contribution in [3.63, 3.8) is 0 Å². The molecule has 0 spiro atoms. The second-order valence-corrected chi connectivity index (χ2v) is 79.4. The van der Waals surface area contributed by atoms with Crippen LogP contribution in [-0.4, -0.2) is 17.8 Å². The number of hydrogen-bond donors (Lipinski definition) is 0. The van der Waals surface area contributed by atoms with Gasteiger partial charge in [-0.15, -0.1) is 0 Å². The summed E-state index contributed by atoms with van der Waals surface area (Å²) in [6, 6.07) is 0. The first kappa shape index (κ1) is 52.8. The van der Waals surface area contributed by atoms with Crippen molar-refractivity contribution in [1.29, 1.82) is 0 Å². The molecule has 0 atom stereocenters. The van der Waals surface area contributed by atoms with Crippen molar-refractivity contribution in [2.45, 2.75) is 194 Å². The predicted molar refractivity (Wildman–Crippen MR) is 271 cm³/mol. The third-order valence-electron chi connectivity index (χ3n) is 16.6. The van der Waals surface area contributed by atoms with Crippen LogP contribution in [0.5, 0.6) is 0 Å². The van der Waals surface area contributed by atoms with E-state index in [2.05, 4.69) is 182 Å². The first-order valence-electron chi connectivity index (χ1n) is 23.6. The van der Waals surface area contributed by atoms with E-state index in [0.29, 0.717) is 0 Å². The van der Waals surface area contributed by atoms with Crippen LogP contribution in [0.25, 0.3) is 0 Å². The molecule has 0 fully saturated rings. The number of hydrogen-bond acceptors (Lipinski definition) is 0. The average molecular weight is 1090 g/mol. The molecule has 0 saturated heterocycles. The predicted octanol–water partition coefficient (Wildman–Crippen LogP) is 17.1. The standard InChI is InChI=1S/3C9H13.C8H11.C7H9.C6H7.3C2H7Si.3Zr/c3*1-6-5-7(2)9(4)8(6)3;1-6-4-5-7(2)8(6)3;1-6-4-3-5-7(6)2;1-6-4-2-3-5-6;3*1-3-2;;;/h3*5H,1-4H3;4H2,1-3H3;3H,4H2,1-2H3;2,4H,3H2,1H3;3*3H,1-2H3;;;. The van der Waals surface area contributed by atoms with Crippen LogP contribution in [0.3, 0.4) is 0 Å². The van der Waals surface area contributed by atoms with Gasteiger partial charge >= 0.3 is 403 Å². The Bertz CT molecular complexity index is 2090. The van der Waals surface area contributed by atoms with Crippen LogP contribution in [-0.2, 0) is 62.7 Å². The SMILES string of the molecule is CC1=C(C)C(C)=[C]([Zr]([CH]2C(C)=C(C)C(C)=C2C)[SiH](C)C)C1.CC1=C(C)[C]([Zr]([CH]2C(C)=C(C)C(C)=C2C)[SiH](C)C)=CC1.CC1=[C]([Zr]([CH]2C(C)=C(C)C(C)=C2C)[SiH](C)C)CC=C1. The van der Waals surface area contributed by atoms with Crippen LogP contribution in [0.4, 0.5) is 0 Å². The first-order valence-corrected chi connectivity index (χ1v) is 52.9. The second-order valence-electron chi connectivity index (χ2n) is 20.7. The Morgan fingerprint density at radius 1 is 0.383 bits per heavy atom. The van der Waals surface area contributed by atoms with Crippen molar-refractivity contribution >= 4 is 17.8 Å². The van der Waals surface area contributed by atoms with Gasteiger partial charge in [-0.2, -0.15) is 0 Å². The molecule has 0 saturated carbocycles. The Morgan fingerprint density at radius 2 is 0.733 bits per heavy atom. The summed E-state index contributed by atoms with van der Waals surface area (Å²) < 4.78 is 8.39. The summed E-state index contributed by atoms with van der Waals surface area (Å²) in [5, 5.41) is 0. The minimum absolute atomic E-state index is 0.531. The van der Waals surface area contributed by atoms with Crippen LogP contribution in [0.1, 0.15) is 144 Å². The molecule has 0 aromatic rings. The van der Waals surface area contributed by atoms with Crippen LogP contribution >= 0.6 is 0 Å². The van der Waals surface area contributed by atoms with Crippen LogP contribution in [0, 0.1) is 0 Å². The molecule has 0 nitrogen and oxygen atoms in total. The van der Waals surface area contributed by atoms with Gasteiger partial charge in [-0.25, -0.2) is 0 Å². The Hall–Kier alpha value is 0.180. The fourth-order valence-corrected chi connectivity index (χ4v) is 79.7. The summed E-state index contributed by atoms with van der Waals surface area (Å²) in [4.78, 5) is 0. The third kappa shape index (κ3) is 10.4. The maximum atomic E-state index is 2.63. The van der Waals surface area contributed by atoms with E-state index in [4.69, 9.17) is 0 Å². The molecule has 327 valence electrons. The Labute approximate surface area is 398 Å². The van der Waals surface area contributed by atoms with E-state index in [-0.39, 0.29) is 0 Å². The Morgan fingerprint density at radius 3 is 1.00 bits per heavy atom. The number of rotatable bonds is 9. The van der Waals surface area contributed by atoms with E-state index in [9.17, 15) is 0 Å². The summed E-state index contributed by atoms with van der Waals surface area (Å²) in [5.41, 5.74) is 29.8. The molecule has 0 amide bonds. The van der Waals surface area contributed by atoms with Crippen molar-refractivity contribution in [2.75, 3.05) is 0 Å². The molecule has 0 unspecified atom stereocenters. The fraction of sp³-hybridized carbons (Fsp3) is 0.556. The van der Waals surface area contributed by atoms with Gasteiger partial charge in [0.1, 0.15) is 0 Å². The monoisotopic (exact) mass is 1090 g/mol. The summed E-state index contributed by atoms with van der Waals surface area (Å²) in [6.07, 6.45) is 11.2. The van der Waals surface area contributed by atoms with Crippen LogP contribution in [0.2, 0.25) is 50.2 Å². The molecule has 60 heavy (non-hydrogen) atoms. The molecule has 0 N–H and O–H groups in total. The van der Waals surface area contributed by atoms with E-state index in [1.165, 1.54) is 19.3 Å². The fourth-order valence-electron chi connectivity index (χ4n) is 11.4. The number of allylic oxidation sites excluding steroid dienone is 24. The van der Waals surface area contributed by atoms with Crippen LogP contribution in [0.15, 0.2) is 128 Å². The molecule has 6 aliphatic rings. The third-order valence-corrected chi connectivity index (χ3v) is 79.9. The van der Waals surface area contributed by atoms with Gasteiger partial charge in [-0.05, 0) is 0 Å². The van der Waals surface area contributed by atoms with Gasteiger partial charge in [0.15, 0.2) is 0 Å². The van der Waals surface area contributed by atoms with Crippen molar-refractivity contribution in [3.05, 3.63) is 128 Å². The molecule has 0 aromatic carbocycles. The van der Waals surface area contributed by atoms with Crippen molar-refractivity contribution in [1.82, 2.24) is 0 Å². The normalized spacial score (nSPS) is 20.8.